The lowest BCUT2D eigenvalue weighted by molar-refractivity contribution is 0.699. The second-order valence-electron chi connectivity index (χ2n) is 4.62. The van der Waals surface area contributed by atoms with Crippen molar-refractivity contribution < 1.29 is 0 Å². The number of hydrogen-bond donors (Lipinski definition) is 0. The molecule has 0 saturated carbocycles. The summed E-state index contributed by atoms with van der Waals surface area (Å²) in [6.45, 7) is 19.9. The third-order valence-corrected chi connectivity index (χ3v) is 11.5. The molecule has 0 radical (unpaired) electrons. The van der Waals surface area contributed by atoms with Crippen molar-refractivity contribution in [1.82, 2.24) is 4.23 Å². The topological polar surface area (TPSA) is 3.24 Å². The third-order valence-electron chi connectivity index (χ3n) is 2.79. The first-order valence-corrected chi connectivity index (χ1v) is 11.2. The van der Waals surface area contributed by atoms with E-state index >= 15 is 0 Å². The van der Waals surface area contributed by atoms with Gasteiger partial charge in [-0.3, -0.25) is 0 Å². The summed E-state index contributed by atoms with van der Waals surface area (Å²) in [6.07, 6.45) is 6.16. The molecule has 1 atom stereocenters. The van der Waals surface area contributed by atoms with Crippen LogP contribution in [0.3, 0.4) is 0 Å². The molecule has 0 aliphatic carbocycles. The molecule has 0 spiro atoms. The first-order chi connectivity index (χ1) is 6.99. The molecule has 1 nitrogen and oxygen atoms in total. The van der Waals surface area contributed by atoms with Crippen LogP contribution in [0.1, 0.15) is 0 Å². The minimum Gasteiger partial charge on any atom is -0.344 e. The van der Waals surface area contributed by atoms with Gasteiger partial charge < -0.3 is 4.23 Å². The van der Waals surface area contributed by atoms with E-state index in [0.29, 0.717) is 0 Å². The predicted octanol–water partition coefficient (Wildman–Crippen LogP) is 3.41. The van der Waals surface area contributed by atoms with Gasteiger partial charge in [0.05, 0.1) is 0 Å². The monoisotopic (exact) mass is 239 g/mol. The average molecular weight is 240 g/mol. The van der Waals surface area contributed by atoms with E-state index in [-0.39, 0.29) is 0 Å². The molecular formula is C12H25NSi2. The molecule has 1 unspecified atom stereocenters. The van der Waals surface area contributed by atoms with Crippen molar-refractivity contribution in [3.63, 3.8) is 0 Å². The van der Waals surface area contributed by atoms with E-state index in [1.165, 1.54) is 6.04 Å². The van der Waals surface area contributed by atoms with Gasteiger partial charge in [-0.1, -0.05) is 37.9 Å². The van der Waals surface area contributed by atoms with Crippen LogP contribution in [0, 0.1) is 0 Å². The van der Waals surface area contributed by atoms with E-state index in [1.807, 2.05) is 6.08 Å². The quantitative estimate of drug-likeness (QED) is 0.463. The van der Waals surface area contributed by atoms with Crippen molar-refractivity contribution in [3.05, 3.63) is 38.0 Å². The maximum Gasteiger partial charge on any atom is 0.119 e. The Morgan fingerprint density at radius 3 is 2.13 bits per heavy atom. The van der Waals surface area contributed by atoms with Gasteiger partial charge in [0.25, 0.3) is 0 Å². The van der Waals surface area contributed by atoms with Crippen LogP contribution in [0.4, 0.5) is 0 Å². The fourth-order valence-corrected chi connectivity index (χ4v) is 10.2. The first kappa shape index (κ1) is 14.6. The molecule has 0 amide bonds. The standard InChI is InChI=1S/C12H25NSi2/c1-7-10-13(14(4)11-8-2)15(5,6)12-9-3/h7-9,14H,1-3,10-12H2,4-6H3. The Morgan fingerprint density at radius 2 is 1.73 bits per heavy atom. The molecule has 0 saturated heterocycles. The van der Waals surface area contributed by atoms with Crippen molar-refractivity contribution in [3.8, 4) is 0 Å². The van der Waals surface area contributed by atoms with Crippen LogP contribution in [0.15, 0.2) is 38.0 Å². The molecular weight excluding hydrogens is 214 g/mol. The van der Waals surface area contributed by atoms with Gasteiger partial charge in [0.2, 0.25) is 0 Å². The fourth-order valence-electron chi connectivity index (χ4n) is 2.00. The molecule has 0 aromatic carbocycles. The summed E-state index contributed by atoms with van der Waals surface area (Å²) >= 11 is 0. The van der Waals surface area contributed by atoms with Crippen LogP contribution < -0.4 is 0 Å². The van der Waals surface area contributed by atoms with E-state index in [4.69, 9.17) is 0 Å². The smallest absolute Gasteiger partial charge is 0.119 e. The first-order valence-electron chi connectivity index (χ1n) is 5.59. The van der Waals surface area contributed by atoms with Crippen LogP contribution in [0.25, 0.3) is 0 Å². The summed E-state index contributed by atoms with van der Waals surface area (Å²) in [5, 5.41) is 0. The summed E-state index contributed by atoms with van der Waals surface area (Å²) in [7, 11) is -2.13. The molecule has 0 bridgehead atoms. The largest absolute Gasteiger partial charge is 0.344 e. The second kappa shape index (κ2) is 6.98. The van der Waals surface area contributed by atoms with E-state index < -0.39 is 17.2 Å². The van der Waals surface area contributed by atoms with E-state index in [9.17, 15) is 0 Å². The van der Waals surface area contributed by atoms with Crippen molar-refractivity contribution in [1.29, 1.82) is 0 Å². The van der Waals surface area contributed by atoms with Crippen LogP contribution in [-0.4, -0.2) is 28.0 Å². The number of allylic oxidation sites excluding steroid dienone is 2. The summed E-state index contributed by atoms with van der Waals surface area (Å²) in [4.78, 5) is 0. The third kappa shape index (κ3) is 4.77. The van der Waals surface area contributed by atoms with Crippen molar-refractivity contribution >= 4 is 17.2 Å². The maximum atomic E-state index is 3.87. The minimum absolute atomic E-state index is 0.833. The Balaban J connectivity index is 4.67. The van der Waals surface area contributed by atoms with Gasteiger partial charge in [0.1, 0.15) is 17.2 Å². The zero-order valence-electron chi connectivity index (χ0n) is 10.5. The molecule has 0 fully saturated rings. The number of rotatable bonds is 8. The molecule has 0 rings (SSSR count). The molecule has 0 N–H and O–H groups in total. The number of nitrogens with zero attached hydrogens (tertiary/aromatic N) is 1. The zero-order valence-corrected chi connectivity index (χ0v) is 12.7. The molecule has 86 valence electrons. The fraction of sp³-hybridized carbons (Fsp3) is 0.500. The van der Waals surface area contributed by atoms with Crippen molar-refractivity contribution in [2.45, 2.75) is 31.7 Å². The van der Waals surface area contributed by atoms with Gasteiger partial charge in [-0.25, -0.2) is 0 Å². The van der Waals surface area contributed by atoms with Gasteiger partial charge in [0.15, 0.2) is 0 Å². The van der Waals surface area contributed by atoms with Gasteiger partial charge in [-0.15, -0.1) is 19.7 Å². The minimum atomic E-state index is -1.30. The molecule has 3 heteroatoms. The lowest BCUT2D eigenvalue weighted by Gasteiger charge is -2.39. The highest BCUT2D eigenvalue weighted by molar-refractivity contribution is 6.84. The summed E-state index contributed by atoms with van der Waals surface area (Å²) < 4.78 is 2.73. The Hall–Kier alpha value is -0.386. The normalized spacial score (nSPS) is 13.6. The molecule has 0 aliphatic rings. The SMILES string of the molecule is C=CCN([SiH](C)CC=C)[Si](C)(C)CC=C. The van der Waals surface area contributed by atoms with Gasteiger partial charge >= 0.3 is 0 Å². The van der Waals surface area contributed by atoms with Crippen LogP contribution in [0.2, 0.25) is 31.7 Å². The Labute approximate surface area is 98.0 Å². The Bertz CT molecular complexity index is 224. The number of hydrogen-bond acceptors (Lipinski definition) is 1. The Kier molecular flexibility index (Phi) is 6.80. The van der Waals surface area contributed by atoms with Crippen LogP contribution in [0.5, 0.6) is 0 Å². The lowest BCUT2D eigenvalue weighted by atomic mass is 10.7. The molecule has 0 heterocycles. The van der Waals surface area contributed by atoms with Gasteiger partial charge in [0, 0.05) is 6.54 Å². The summed E-state index contributed by atoms with van der Waals surface area (Å²) in [6, 6.07) is 2.34. The predicted molar refractivity (Wildman–Crippen MR) is 77.4 cm³/mol. The molecule has 15 heavy (non-hydrogen) atoms. The average Bonchev–Trinajstić information content (AvgIpc) is 2.14. The summed E-state index contributed by atoms with van der Waals surface area (Å²) in [5.41, 5.74) is 0. The highest BCUT2D eigenvalue weighted by Crippen LogP contribution is 2.19. The summed E-state index contributed by atoms with van der Waals surface area (Å²) in [5.74, 6) is 0. The van der Waals surface area contributed by atoms with Crippen LogP contribution >= 0.6 is 0 Å². The van der Waals surface area contributed by atoms with Crippen molar-refractivity contribution in [2.24, 2.45) is 0 Å². The Morgan fingerprint density at radius 1 is 1.13 bits per heavy atom. The molecule has 0 aromatic heterocycles. The van der Waals surface area contributed by atoms with Gasteiger partial charge in [-0.2, -0.15) is 0 Å². The highest BCUT2D eigenvalue weighted by Gasteiger charge is 2.30. The van der Waals surface area contributed by atoms with E-state index in [0.717, 1.165) is 12.6 Å². The highest BCUT2D eigenvalue weighted by atomic mass is 28.4. The second-order valence-corrected chi connectivity index (χ2v) is 12.5. The van der Waals surface area contributed by atoms with Crippen molar-refractivity contribution in [2.75, 3.05) is 6.54 Å². The van der Waals surface area contributed by atoms with Crippen LogP contribution in [-0.2, 0) is 0 Å². The maximum absolute atomic E-state index is 3.87. The molecule has 0 aromatic rings. The van der Waals surface area contributed by atoms with E-state index in [2.05, 4.69) is 55.8 Å². The molecule has 0 aliphatic heterocycles. The lowest BCUT2D eigenvalue weighted by Crippen LogP contribution is -2.54. The van der Waals surface area contributed by atoms with Gasteiger partial charge in [-0.05, 0) is 12.1 Å². The zero-order chi connectivity index (χ0) is 11.9. The van der Waals surface area contributed by atoms with E-state index in [1.54, 1.807) is 0 Å².